The average Bonchev–Trinajstić information content (AvgIpc) is 2.68. The van der Waals surface area contributed by atoms with Gasteiger partial charge >= 0.3 is 0 Å². The molecule has 0 amide bonds. The van der Waals surface area contributed by atoms with Crippen molar-refractivity contribution in [1.82, 2.24) is 15.2 Å². The van der Waals surface area contributed by atoms with Crippen LogP contribution >= 0.6 is 15.9 Å². The third kappa shape index (κ3) is 1.96. The molecule has 0 saturated carbocycles. The van der Waals surface area contributed by atoms with Gasteiger partial charge in [-0.1, -0.05) is 30.3 Å². The molecule has 2 aromatic heterocycles. The lowest BCUT2D eigenvalue weighted by atomic mass is 10.1. The van der Waals surface area contributed by atoms with Crippen molar-refractivity contribution in [3.8, 4) is 0 Å². The minimum absolute atomic E-state index is 0.871. The van der Waals surface area contributed by atoms with Crippen LogP contribution in [0.4, 0.5) is 0 Å². The van der Waals surface area contributed by atoms with Crippen LogP contribution in [0.25, 0.3) is 10.9 Å². The molecule has 84 valence electrons. The topological polar surface area (TPSA) is 41.6 Å². The predicted molar refractivity (Wildman–Crippen MR) is 70.8 cm³/mol. The van der Waals surface area contributed by atoms with E-state index in [-0.39, 0.29) is 0 Å². The van der Waals surface area contributed by atoms with Gasteiger partial charge in [-0.25, -0.2) is 0 Å². The lowest BCUT2D eigenvalue weighted by Crippen LogP contribution is -1.88. The van der Waals surface area contributed by atoms with Crippen LogP contribution in [-0.4, -0.2) is 15.2 Å². The number of aromatic nitrogens is 3. The molecule has 0 spiro atoms. The van der Waals surface area contributed by atoms with Crippen LogP contribution in [-0.2, 0) is 6.42 Å². The van der Waals surface area contributed by atoms with Crippen molar-refractivity contribution in [2.75, 3.05) is 0 Å². The van der Waals surface area contributed by atoms with Crippen molar-refractivity contribution in [2.24, 2.45) is 0 Å². The van der Waals surface area contributed by atoms with Crippen molar-refractivity contribution < 1.29 is 0 Å². The summed E-state index contributed by atoms with van der Waals surface area (Å²) >= 11 is 3.61. The van der Waals surface area contributed by atoms with E-state index in [0.717, 1.165) is 27.5 Å². The molecule has 0 bridgehead atoms. The van der Waals surface area contributed by atoms with Crippen molar-refractivity contribution in [2.45, 2.75) is 6.42 Å². The van der Waals surface area contributed by atoms with E-state index in [1.807, 2.05) is 6.07 Å². The van der Waals surface area contributed by atoms with Gasteiger partial charge in [0.25, 0.3) is 0 Å². The highest BCUT2D eigenvalue weighted by molar-refractivity contribution is 9.10. The number of benzene rings is 1. The summed E-state index contributed by atoms with van der Waals surface area (Å²) in [6.45, 7) is 0. The van der Waals surface area contributed by atoms with Gasteiger partial charge in [0.1, 0.15) is 0 Å². The molecule has 3 rings (SSSR count). The van der Waals surface area contributed by atoms with Crippen molar-refractivity contribution >= 4 is 26.8 Å². The van der Waals surface area contributed by atoms with Gasteiger partial charge in [0.05, 0.1) is 17.9 Å². The Morgan fingerprint density at radius 2 is 1.82 bits per heavy atom. The SMILES string of the molecule is Brc1c(Cc2ccccc2)[nH]c2cnncc12. The van der Waals surface area contributed by atoms with E-state index < -0.39 is 0 Å². The summed E-state index contributed by atoms with van der Waals surface area (Å²) in [7, 11) is 0. The molecule has 3 nitrogen and oxygen atoms in total. The van der Waals surface area contributed by atoms with E-state index in [1.165, 1.54) is 5.56 Å². The zero-order valence-corrected chi connectivity index (χ0v) is 10.6. The second kappa shape index (κ2) is 4.30. The molecule has 0 unspecified atom stereocenters. The number of rotatable bonds is 2. The summed E-state index contributed by atoms with van der Waals surface area (Å²) in [6.07, 6.45) is 4.38. The highest BCUT2D eigenvalue weighted by atomic mass is 79.9. The molecule has 0 fully saturated rings. The van der Waals surface area contributed by atoms with E-state index in [9.17, 15) is 0 Å². The quantitative estimate of drug-likeness (QED) is 0.786. The van der Waals surface area contributed by atoms with E-state index in [1.54, 1.807) is 12.4 Å². The fourth-order valence-electron chi connectivity index (χ4n) is 1.90. The Morgan fingerprint density at radius 3 is 2.59 bits per heavy atom. The van der Waals surface area contributed by atoms with E-state index >= 15 is 0 Å². The Kier molecular flexibility index (Phi) is 2.65. The molecule has 1 aromatic carbocycles. The van der Waals surface area contributed by atoms with Gasteiger partial charge in [-0.05, 0) is 21.5 Å². The Morgan fingerprint density at radius 1 is 1.06 bits per heavy atom. The minimum Gasteiger partial charge on any atom is -0.356 e. The van der Waals surface area contributed by atoms with Gasteiger partial charge in [-0.15, -0.1) is 0 Å². The molecule has 0 saturated heterocycles. The smallest absolute Gasteiger partial charge is 0.0737 e. The van der Waals surface area contributed by atoms with Gasteiger partial charge in [-0.3, -0.25) is 0 Å². The van der Waals surface area contributed by atoms with Crippen LogP contribution in [0.1, 0.15) is 11.3 Å². The Hall–Kier alpha value is -1.68. The van der Waals surface area contributed by atoms with E-state index in [2.05, 4.69) is 55.4 Å². The van der Waals surface area contributed by atoms with E-state index in [4.69, 9.17) is 0 Å². The molecule has 2 heterocycles. The molecule has 1 N–H and O–H groups in total. The molecule has 0 aliphatic heterocycles. The summed E-state index contributed by atoms with van der Waals surface area (Å²) in [5, 5.41) is 8.84. The van der Waals surface area contributed by atoms with Crippen LogP contribution in [0.3, 0.4) is 0 Å². The molecular weight excluding hydrogens is 278 g/mol. The van der Waals surface area contributed by atoms with Crippen molar-refractivity contribution in [3.05, 3.63) is 58.5 Å². The maximum Gasteiger partial charge on any atom is 0.0737 e. The first-order valence-electron chi connectivity index (χ1n) is 5.35. The first kappa shape index (κ1) is 10.5. The lowest BCUT2D eigenvalue weighted by Gasteiger charge is -1.99. The second-order valence-corrected chi connectivity index (χ2v) is 4.69. The Balaban J connectivity index is 2.04. The van der Waals surface area contributed by atoms with Gasteiger partial charge in [0, 0.05) is 22.0 Å². The van der Waals surface area contributed by atoms with Gasteiger partial charge in [-0.2, -0.15) is 10.2 Å². The summed E-state index contributed by atoms with van der Waals surface area (Å²) in [6, 6.07) is 10.4. The summed E-state index contributed by atoms with van der Waals surface area (Å²) in [5.41, 5.74) is 3.44. The normalized spacial score (nSPS) is 10.9. The second-order valence-electron chi connectivity index (χ2n) is 3.90. The number of fused-ring (bicyclic) bond motifs is 1. The van der Waals surface area contributed by atoms with Crippen LogP contribution in [0, 0.1) is 0 Å². The third-order valence-corrected chi connectivity index (χ3v) is 3.65. The molecule has 3 aromatic rings. The minimum atomic E-state index is 0.871. The van der Waals surface area contributed by atoms with Crippen LogP contribution in [0.15, 0.2) is 47.2 Å². The van der Waals surface area contributed by atoms with E-state index in [0.29, 0.717) is 0 Å². The summed E-state index contributed by atoms with van der Waals surface area (Å²) in [5.74, 6) is 0. The number of aromatic amines is 1. The number of hydrogen-bond donors (Lipinski definition) is 1. The van der Waals surface area contributed by atoms with Crippen molar-refractivity contribution in [1.29, 1.82) is 0 Å². The fourth-order valence-corrected chi connectivity index (χ4v) is 2.45. The zero-order valence-electron chi connectivity index (χ0n) is 9.02. The summed E-state index contributed by atoms with van der Waals surface area (Å²) in [4.78, 5) is 3.36. The Labute approximate surface area is 107 Å². The Bertz CT molecular complexity index is 646. The largest absolute Gasteiger partial charge is 0.356 e. The maximum absolute atomic E-state index is 3.89. The molecule has 0 aliphatic rings. The molecule has 0 atom stereocenters. The third-order valence-electron chi connectivity index (χ3n) is 2.74. The first-order valence-corrected chi connectivity index (χ1v) is 6.14. The van der Waals surface area contributed by atoms with Crippen LogP contribution in [0.5, 0.6) is 0 Å². The van der Waals surface area contributed by atoms with Gasteiger partial charge in [0.2, 0.25) is 0 Å². The summed E-state index contributed by atoms with van der Waals surface area (Å²) < 4.78 is 1.08. The first-order chi connectivity index (χ1) is 8.34. The molecule has 0 radical (unpaired) electrons. The van der Waals surface area contributed by atoms with Crippen molar-refractivity contribution in [3.63, 3.8) is 0 Å². The standard InChI is InChI=1S/C13H10BrN3/c14-13-10-7-15-16-8-12(10)17-11(13)6-9-4-2-1-3-5-9/h1-5,7-8,17H,6H2. The van der Waals surface area contributed by atoms with Crippen LogP contribution in [0.2, 0.25) is 0 Å². The molecular formula is C13H10BrN3. The number of nitrogens with zero attached hydrogens (tertiary/aromatic N) is 2. The molecule has 4 heteroatoms. The monoisotopic (exact) mass is 287 g/mol. The molecule has 0 aliphatic carbocycles. The number of halogens is 1. The molecule has 17 heavy (non-hydrogen) atoms. The number of nitrogens with one attached hydrogen (secondary N) is 1. The highest BCUT2D eigenvalue weighted by Crippen LogP contribution is 2.28. The van der Waals surface area contributed by atoms with Crippen LogP contribution < -0.4 is 0 Å². The predicted octanol–water partition coefficient (Wildman–Crippen LogP) is 3.31. The average molecular weight is 288 g/mol. The maximum atomic E-state index is 3.89. The number of H-pyrrole nitrogens is 1. The van der Waals surface area contributed by atoms with Gasteiger partial charge < -0.3 is 4.98 Å². The number of hydrogen-bond acceptors (Lipinski definition) is 2. The zero-order chi connectivity index (χ0) is 11.7. The lowest BCUT2D eigenvalue weighted by molar-refractivity contribution is 1.05. The van der Waals surface area contributed by atoms with Gasteiger partial charge in [0.15, 0.2) is 0 Å². The highest BCUT2D eigenvalue weighted by Gasteiger charge is 2.09. The fraction of sp³-hybridized carbons (Fsp3) is 0.0769.